The number of carbonyl (C=O) groups excluding carboxylic acids is 2. The zero-order valence-corrected chi connectivity index (χ0v) is 16.2. The third-order valence-corrected chi connectivity index (χ3v) is 3.27. The third-order valence-electron chi connectivity index (χ3n) is 3.27. The van der Waals surface area contributed by atoms with Gasteiger partial charge in [0.05, 0.1) is 25.2 Å². The molecule has 0 aromatic carbocycles. The molecule has 0 bridgehead atoms. The van der Waals surface area contributed by atoms with E-state index in [2.05, 4.69) is 26.3 Å². The maximum absolute atomic E-state index is 11.3. The van der Waals surface area contributed by atoms with Crippen molar-refractivity contribution >= 4 is 11.9 Å². The molecule has 0 unspecified atom stereocenters. The van der Waals surface area contributed by atoms with Gasteiger partial charge in [-0.05, 0) is 20.3 Å². The second-order valence-electron chi connectivity index (χ2n) is 5.84. The predicted octanol–water partition coefficient (Wildman–Crippen LogP) is 2.99. The molecule has 0 aromatic rings. The Balaban J connectivity index is 0. The van der Waals surface area contributed by atoms with Crippen LogP contribution in [0.5, 0.6) is 0 Å². The monoisotopic (exact) mass is 368 g/mol. The smallest absolute Gasteiger partial charge is 0.333 e. The van der Waals surface area contributed by atoms with E-state index in [1.807, 2.05) is 6.92 Å². The average Bonchev–Trinajstić information content (AvgIpc) is 2.62. The first kappa shape index (κ1) is 26.1. The molecule has 0 rings (SSSR count). The summed E-state index contributed by atoms with van der Waals surface area (Å²) >= 11 is 0. The molecule has 0 aliphatic heterocycles. The Morgan fingerprint density at radius 1 is 0.962 bits per heavy atom. The maximum atomic E-state index is 11.3. The van der Waals surface area contributed by atoms with Gasteiger partial charge in [-0.2, -0.15) is 0 Å². The second kappa shape index (κ2) is 15.1. The Hall–Kier alpha value is -2.18. The van der Waals surface area contributed by atoms with Crippen LogP contribution in [-0.4, -0.2) is 50.1 Å². The summed E-state index contributed by atoms with van der Waals surface area (Å²) in [7, 11) is 0. The molecule has 0 heterocycles. The largest absolute Gasteiger partial charge is 0.462 e. The highest BCUT2D eigenvalue weighted by molar-refractivity contribution is 5.87. The first-order chi connectivity index (χ1) is 12.2. The zero-order valence-electron chi connectivity index (χ0n) is 16.2. The normalized spacial score (nSPS) is 10.0. The average molecular weight is 368 g/mol. The Bertz CT molecular complexity index is 449. The van der Waals surface area contributed by atoms with Gasteiger partial charge in [0.25, 0.3) is 0 Å². The van der Waals surface area contributed by atoms with Crippen LogP contribution in [0.3, 0.4) is 0 Å². The van der Waals surface area contributed by atoms with Crippen LogP contribution in [0.15, 0.2) is 49.6 Å². The highest BCUT2D eigenvalue weighted by Crippen LogP contribution is 2.23. The van der Waals surface area contributed by atoms with Crippen LogP contribution in [-0.2, 0) is 23.8 Å². The summed E-state index contributed by atoms with van der Waals surface area (Å²) < 4.78 is 15.0. The molecule has 1 N–H and O–H groups in total. The van der Waals surface area contributed by atoms with E-state index < -0.39 is 17.4 Å². The van der Waals surface area contributed by atoms with E-state index in [1.165, 1.54) is 13.8 Å². The van der Waals surface area contributed by atoms with E-state index >= 15 is 0 Å². The summed E-state index contributed by atoms with van der Waals surface area (Å²) in [6, 6.07) is 0. The van der Waals surface area contributed by atoms with Crippen molar-refractivity contribution < 1.29 is 28.9 Å². The number of hydrogen-bond acceptors (Lipinski definition) is 6. The number of ether oxygens (including phenoxy) is 3. The van der Waals surface area contributed by atoms with E-state index in [0.29, 0.717) is 19.6 Å². The van der Waals surface area contributed by atoms with Crippen LogP contribution in [0, 0.1) is 5.41 Å². The maximum Gasteiger partial charge on any atom is 0.333 e. The molecule has 0 spiro atoms. The molecule has 148 valence electrons. The minimum absolute atomic E-state index is 0.0326. The van der Waals surface area contributed by atoms with Gasteiger partial charge in [-0.3, -0.25) is 0 Å². The fraction of sp³-hybridized carbons (Fsp3) is 0.500. The molecule has 0 fully saturated rings. The summed E-state index contributed by atoms with van der Waals surface area (Å²) in [6.07, 6.45) is 3.92. The Labute approximate surface area is 156 Å². The Kier molecular flexibility index (Phi) is 15.1. The van der Waals surface area contributed by atoms with Crippen molar-refractivity contribution in [1.82, 2.24) is 0 Å². The van der Waals surface area contributed by atoms with Gasteiger partial charge in [-0.25, -0.2) is 9.59 Å². The molecular formula is C20H32O6. The molecule has 6 nitrogen and oxygen atoms in total. The molecule has 0 atom stereocenters. The minimum atomic E-state index is -0.795. The lowest BCUT2D eigenvalue weighted by atomic mass is 9.88. The summed E-state index contributed by atoms with van der Waals surface area (Å²) in [4.78, 5) is 22.7. The van der Waals surface area contributed by atoms with Crippen molar-refractivity contribution in [3.8, 4) is 0 Å². The van der Waals surface area contributed by atoms with Crippen LogP contribution in [0.4, 0.5) is 0 Å². The predicted molar refractivity (Wildman–Crippen MR) is 103 cm³/mol. The zero-order chi connectivity index (χ0) is 20.6. The number of carbonyl (C=O) groups is 2. The van der Waals surface area contributed by atoms with Crippen molar-refractivity contribution in [3.05, 3.63) is 49.6 Å². The summed E-state index contributed by atoms with van der Waals surface area (Å²) in [6.45, 7) is 19.7. The standard InChI is InChI=1S/C14H22O5.C6H10O/c1-6-14(7-15,8-18-12(16)10(2)3)9-19-13(17)11(4)5;1-3-5-7-6-4-2/h15H,2,4,6-9H2,1,3,5H3;3-4H,1-2,5-6H2. The highest BCUT2D eigenvalue weighted by atomic mass is 16.5. The van der Waals surface area contributed by atoms with Crippen molar-refractivity contribution in [1.29, 1.82) is 0 Å². The molecular weight excluding hydrogens is 336 g/mol. The van der Waals surface area contributed by atoms with Crippen LogP contribution in [0.25, 0.3) is 0 Å². The molecule has 0 aliphatic rings. The molecule has 0 aliphatic carbocycles. The topological polar surface area (TPSA) is 82.1 Å². The van der Waals surface area contributed by atoms with Crippen LogP contribution in [0.1, 0.15) is 27.2 Å². The lowest BCUT2D eigenvalue weighted by Crippen LogP contribution is -2.37. The van der Waals surface area contributed by atoms with E-state index in [9.17, 15) is 14.7 Å². The van der Waals surface area contributed by atoms with Crippen molar-refractivity contribution in [2.75, 3.05) is 33.0 Å². The van der Waals surface area contributed by atoms with Gasteiger partial charge in [-0.15, -0.1) is 13.2 Å². The van der Waals surface area contributed by atoms with Crippen molar-refractivity contribution in [3.63, 3.8) is 0 Å². The van der Waals surface area contributed by atoms with Crippen LogP contribution in [0.2, 0.25) is 0 Å². The van der Waals surface area contributed by atoms with Gasteiger partial charge in [0, 0.05) is 11.1 Å². The summed E-state index contributed by atoms with van der Waals surface area (Å²) in [5.41, 5.74) is -0.236. The van der Waals surface area contributed by atoms with E-state index in [0.717, 1.165) is 0 Å². The lowest BCUT2D eigenvalue weighted by Gasteiger charge is -2.29. The summed E-state index contributed by atoms with van der Waals surface area (Å²) in [5, 5.41) is 9.45. The Morgan fingerprint density at radius 3 is 1.58 bits per heavy atom. The van der Waals surface area contributed by atoms with Gasteiger partial charge in [-0.1, -0.05) is 32.2 Å². The first-order valence-electron chi connectivity index (χ1n) is 8.25. The molecule has 0 amide bonds. The third kappa shape index (κ3) is 12.2. The van der Waals surface area contributed by atoms with Crippen LogP contribution < -0.4 is 0 Å². The molecule has 6 heteroatoms. The molecule has 0 saturated heterocycles. The van der Waals surface area contributed by atoms with Crippen LogP contribution >= 0.6 is 0 Å². The molecule has 0 aromatic heterocycles. The molecule has 0 saturated carbocycles. The van der Waals surface area contributed by atoms with Gasteiger partial charge in [0.1, 0.15) is 13.2 Å². The number of aliphatic hydroxyl groups is 1. The van der Waals surface area contributed by atoms with Gasteiger partial charge in [0.2, 0.25) is 0 Å². The lowest BCUT2D eigenvalue weighted by molar-refractivity contribution is -0.151. The van der Waals surface area contributed by atoms with E-state index in [1.54, 1.807) is 12.2 Å². The molecule has 0 radical (unpaired) electrons. The fourth-order valence-electron chi connectivity index (χ4n) is 1.37. The molecule has 26 heavy (non-hydrogen) atoms. The number of esters is 2. The second-order valence-corrected chi connectivity index (χ2v) is 5.84. The van der Waals surface area contributed by atoms with Crippen molar-refractivity contribution in [2.45, 2.75) is 27.2 Å². The fourth-order valence-corrected chi connectivity index (χ4v) is 1.37. The first-order valence-corrected chi connectivity index (χ1v) is 8.25. The van der Waals surface area contributed by atoms with Crippen molar-refractivity contribution in [2.24, 2.45) is 5.41 Å². The Morgan fingerprint density at radius 2 is 1.35 bits per heavy atom. The highest BCUT2D eigenvalue weighted by Gasteiger charge is 2.31. The van der Waals surface area contributed by atoms with E-state index in [-0.39, 0.29) is 31.0 Å². The number of aliphatic hydroxyl groups excluding tert-OH is 1. The minimum Gasteiger partial charge on any atom is -0.462 e. The van der Waals surface area contributed by atoms with Gasteiger partial charge >= 0.3 is 11.9 Å². The van der Waals surface area contributed by atoms with Gasteiger partial charge in [0.15, 0.2) is 0 Å². The quantitative estimate of drug-likeness (QED) is 0.247. The number of rotatable bonds is 12. The van der Waals surface area contributed by atoms with E-state index in [4.69, 9.17) is 14.2 Å². The SMILES string of the molecule is C=C(C)C(=O)OCC(CC)(CO)COC(=O)C(=C)C.C=CCOCC=C. The number of hydrogen-bond donors (Lipinski definition) is 1. The van der Waals surface area contributed by atoms with Gasteiger partial charge < -0.3 is 19.3 Å². The summed E-state index contributed by atoms with van der Waals surface area (Å²) in [5.74, 6) is -1.06.